The molecule has 0 aromatic carbocycles. The van der Waals surface area contributed by atoms with Gasteiger partial charge in [-0.2, -0.15) is 4.98 Å². The van der Waals surface area contributed by atoms with Crippen LogP contribution in [0, 0.1) is 6.92 Å². The van der Waals surface area contributed by atoms with Gasteiger partial charge in [-0.1, -0.05) is 0 Å². The minimum atomic E-state index is 0.202. The average Bonchev–Trinajstić information content (AvgIpc) is 2.55. The van der Waals surface area contributed by atoms with Gasteiger partial charge in [-0.15, -0.1) is 0 Å². The first-order valence-corrected chi connectivity index (χ1v) is 7.81. The molecule has 122 valence electrons. The van der Waals surface area contributed by atoms with Crippen LogP contribution in [0.5, 0.6) is 6.01 Å². The number of nitrogens with zero attached hydrogens (tertiary/aromatic N) is 4. The molecule has 2 aliphatic rings. The predicted molar refractivity (Wildman–Crippen MR) is 82.5 cm³/mol. The van der Waals surface area contributed by atoms with Crippen LogP contribution in [-0.2, 0) is 9.47 Å². The highest BCUT2D eigenvalue weighted by molar-refractivity contribution is 5.41. The molecule has 0 N–H and O–H groups in total. The summed E-state index contributed by atoms with van der Waals surface area (Å²) in [6.45, 7) is 8.93. The lowest BCUT2D eigenvalue weighted by molar-refractivity contribution is -0.0172. The molecule has 1 aromatic rings. The number of methoxy groups -OCH3 is 1. The molecule has 2 saturated heterocycles. The van der Waals surface area contributed by atoms with Gasteiger partial charge in [0.2, 0.25) is 0 Å². The highest BCUT2D eigenvalue weighted by Gasteiger charge is 2.25. The van der Waals surface area contributed by atoms with Crippen molar-refractivity contribution in [2.45, 2.75) is 13.0 Å². The van der Waals surface area contributed by atoms with E-state index in [2.05, 4.69) is 19.8 Å². The monoisotopic (exact) mass is 308 g/mol. The summed E-state index contributed by atoms with van der Waals surface area (Å²) < 4.78 is 16.5. The fourth-order valence-corrected chi connectivity index (χ4v) is 2.89. The molecule has 1 atom stereocenters. The van der Waals surface area contributed by atoms with Crippen LogP contribution in [0.25, 0.3) is 0 Å². The Balaban J connectivity index is 1.63. The first-order chi connectivity index (χ1) is 10.7. The van der Waals surface area contributed by atoms with Gasteiger partial charge < -0.3 is 19.1 Å². The molecule has 0 bridgehead atoms. The number of aryl methyl sites for hydroxylation is 1. The standard InChI is InChI=1S/C15H24N4O3/c1-12-9-14(17-15(16-12)20-2)19-5-8-22-13(11-19)10-18-3-6-21-7-4-18/h9,13H,3-8,10-11H2,1-2H3. The summed E-state index contributed by atoms with van der Waals surface area (Å²) >= 11 is 0. The summed E-state index contributed by atoms with van der Waals surface area (Å²) in [5.41, 5.74) is 0.915. The third kappa shape index (κ3) is 3.85. The van der Waals surface area contributed by atoms with Crippen molar-refractivity contribution in [3.8, 4) is 6.01 Å². The number of rotatable bonds is 4. The second kappa shape index (κ2) is 7.21. The lowest BCUT2D eigenvalue weighted by Crippen LogP contribution is -2.50. The number of aromatic nitrogens is 2. The zero-order valence-electron chi connectivity index (χ0n) is 13.3. The second-order valence-electron chi connectivity index (χ2n) is 5.71. The smallest absolute Gasteiger partial charge is 0.318 e. The lowest BCUT2D eigenvalue weighted by Gasteiger charge is -2.37. The van der Waals surface area contributed by atoms with Gasteiger partial charge in [0.25, 0.3) is 0 Å². The maximum atomic E-state index is 5.92. The summed E-state index contributed by atoms with van der Waals surface area (Å²) in [6, 6.07) is 2.42. The summed E-state index contributed by atoms with van der Waals surface area (Å²) in [4.78, 5) is 13.4. The maximum Gasteiger partial charge on any atom is 0.318 e. The molecule has 0 amide bonds. The molecule has 2 fully saturated rings. The molecule has 2 aliphatic heterocycles. The Morgan fingerprint density at radius 1 is 1.23 bits per heavy atom. The van der Waals surface area contributed by atoms with Gasteiger partial charge in [-0.05, 0) is 6.92 Å². The van der Waals surface area contributed by atoms with Crippen LogP contribution in [-0.4, -0.2) is 80.6 Å². The van der Waals surface area contributed by atoms with Crippen LogP contribution < -0.4 is 9.64 Å². The van der Waals surface area contributed by atoms with E-state index < -0.39 is 0 Å². The quantitative estimate of drug-likeness (QED) is 0.794. The first kappa shape index (κ1) is 15.5. The molecule has 7 heteroatoms. The molecule has 0 radical (unpaired) electrons. The summed E-state index contributed by atoms with van der Waals surface area (Å²) in [6.07, 6.45) is 0.202. The lowest BCUT2D eigenvalue weighted by atomic mass is 10.2. The Labute approximate surface area is 131 Å². The van der Waals surface area contributed by atoms with Crippen molar-refractivity contribution in [3.63, 3.8) is 0 Å². The highest BCUT2D eigenvalue weighted by Crippen LogP contribution is 2.19. The van der Waals surface area contributed by atoms with Gasteiger partial charge in [0.15, 0.2) is 0 Å². The third-order valence-electron chi connectivity index (χ3n) is 4.03. The summed E-state index contributed by atoms with van der Waals surface area (Å²) in [7, 11) is 1.60. The van der Waals surface area contributed by atoms with Gasteiger partial charge in [-0.25, -0.2) is 4.98 Å². The van der Waals surface area contributed by atoms with E-state index in [1.165, 1.54) is 0 Å². The molecule has 1 unspecified atom stereocenters. The largest absolute Gasteiger partial charge is 0.467 e. The molecule has 0 aliphatic carbocycles. The highest BCUT2D eigenvalue weighted by atomic mass is 16.5. The second-order valence-corrected chi connectivity index (χ2v) is 5.71. The van der Waals surface area contributed by atoms with Gasteiger partial charge in [0.1, 0.15) is 5.82 Å². The minimum absolute atomic E-state index is 0.202. The maximum absolute atomic E-state index is 5.92. The molecule has 1 aromatic heterocycles. The number of anilines is 1. The van der Waals surface area contributed by atoms with Crippen LogP contribution in [0.15, 0.2) is 6.07 Å². The van der Waals surface area contributed by atoms with E-state index in [1.807, 2.05) is 13.0 Å². The first-order valence-electron chi connectivity index (χ1n) is 7.81. The molecule has 0 spiro atoms. The number of hydrogen-bond acceptors (Lipinski definition) is 7. The van der Waals surface area contributed by atoms with E-state index in [0.717, 1.165) is 64.1 Å². The summed E-state index contributed by atoms with van der Waals surface area (Å²) in [5.74, 6) is 0.916. The van der Waals surface area contributed by atoms with Crippen LogP contribution in [0.1, 0.15) is 5.69 Å². The minimum Gasteiger partial charge on any atom is -0.467 e. The Hall–Kier alpha value is -1.44. The fraction of sp³-hybridized carbons (Fsp3) is 0.733. The van der Waals surface area contributed by atoms with Crippen LogP contribution in [0.3, 0.4) is 0 Å². The Morgan fingerprint density at radius 2 is 2.05 bits per heavy atom. The predicted octanol–water partition coefficient (Wildman–Crippen LogP) is 0.331. The van der Waals surface area contributed by atoms with Crippen LogP contribution in [0.2, 0.25) is 0 Å². The van der Waals surface area contributed by atoms with Crippen LogP contribution in [0.4, 0.5) is 5.82 Å². The van der Waals surface area contributed by atoms with Crippen molar-refractivity contribution in [3.05, 3.63) is 11.8 Å². The Bertz CT molecular complexity index is 494. The topological polar surface area (TPSA) is 60.0 Å². The molecule has 7 nitrogen and oxygen atoms in total. The molecule has 0 saturated carbocycles. The number of hydrogen-bond donors (Lipinski definition) is 0. The summed E-state index contributed by atoms with van der Waals surface area (Å²) in [5, 5.41) is 0. The molecular formula is C15H24N4O3. The van der Waals surface area contributed by atoms with E-state index in [-0.39, 0.29) is 6.10 Å². The van der Waals surface area contributed by atoms with Crippen molar-refractivity contribution in [2.75, 3.05) is 64.6 Å². The zero-order valence-corrected chi connectivity index (χ0v) is 13.3. The van der Waals surface area contributed by atoms with Crippen molar-refractivity contribution in [1.82, 2.24) is 14.9 Å². The number of morpholine rings is 2. The Kier molecular flexibility index (Phi) is 5.07. The van der Waals surface area contributed by atoms with E-state index in [4.69, 9.17) is 14.2 Å². The average molecular weight is 308 g/mol. The third-order valence-corrected chi connectivity index (χ3v) is 4.03. The van der Waals surface area contributed by atoms with Gasteiger partial charge in [0.05, 0.1) is 33.0 Å². The fourth-order valence-electron chi connectivity index (χ4n) is 2.89. The van der Waals surface area contributed by atoms with E-state index in [0.29, 0.717) is 6.01 Å². The van der Waals surface area contributed by atoms with Gasteiger partial charge in [-0.3, -0.25) is 4.90 Å². The van der Waals surface area contributed by atoms with E-state index in [9.17, 15) is 0 Å². The Morgan fingerprint density at radius 3 is 2.82 bits per heavy atom. The molecule has 3 rings (SSSR count). The van der Waals surface area contributed by atoms with Crippen molar-refractivity contribution in [1.29, 1.82) is 0 Å². The van der Waals surface area contributed by atoms with Crippen molar-refractivity contribution < 1.29 is 14.2 Å². The van der Waals surface area contributed by atoms with Crippen LogP contribution >= 0.6 is 0 Å². The SMILES string of the molecule is COc1nc(C)cc(N2CCOC(CN3CCOCC3)C2)n1. The van der Waals surface area contributed by atoms with E-state index in [1.54, 1.807) is 7.11 Å². The normalized spacial score (nSPS) is 23.5. The molecule has 22 heavy (non-hydrogen) atoms. The number of ether oxygens (including phenoxy) is 3. The molecular weight excluding hydrogens is 284 g/mol. The zero-order chi connectivity index (χ0) is 15.4. The molecule has 3 heterocycles. The van der Waals surface area contributed by atoms with Gasteiger partial charge >= 0.3 is 6.01 Å². The van der Waals surface area contributed by atoms with Crippen molar-refractivity contribution >= 4 is 5.82 Å². The van der Waals surface area contributed by atoms with Crippen molar-refractivity contribution in [2.24, 2.45) is 0 Å². The van der Waals surface area contributed by atoms with Gasteiger partial charge in [0, 0.05) is 44.5 Å². The van der Waals surface area contributed by atoms with E-state index >= 15 is 0 Å².